The number of amides is 2. The third-order valence-corrected chi connectivity index (χ3v) is 6.14. The van der Waals surface area contributed by atoms with Gasteiger partial charge in [0.2, 0.25) is 0 Å². The van der Waals surface area contributed by atoms with Crippen molar-refractivity contribution in [3.63, 3.8) is 0 Å². The van der Waals surface area contributed by atoms with Crippen LogP contribution >= 0.6 is 0 Å². The minimum absolute atomic E-state index is 0.0613. The number of nitrogens with one attached hydrogen (secondary N) is 3. The van der Waals surface area contributed by atoms with Crippen molar-refractivity contribution in [2.24, 2.45) is 0 Å². The molecule has 31 heavy (non-hydrogen) atoms. The minimum Gasteiger partial charge on any atom is -0.335 e. The van der Waals surface area contributed by atoms with E-state index in [4.69, 9.17) is 0 Å². The van der Waals surface area contributed by atoms with Crippen LogP contribution < -0.4 is 10.6 Å². The van der Waals surface area contributed by atoms with Crippen LogP contribution in [-0.4, -0.2) is 37.1 Å². The summed E-state index contributed by atoms with van der Waals surface area (Å²) in [6.07, 6.45) is 2.07. The van der Waals surface area contributed by atoms with Crippen molar-refractivity contribution in [1.82, 2.24) is 30.4 Å². The first-order chi connectivity index (χ1) is 14.8. The number of aryl methyl sites for hydroxylation is 1. The Kier molecular flexibility index (Phi) is 4.42. The summed E-state index contributed by atoms with van der Waals surface area (Å²) >= 11 is 0. The molecule has 0 unspecified atom stereocenters. The third kappa shape index (κ3) is 3.39. The molecule has 3 aromatic rings. The molecule has 0 spiro atoms. The van der Waals surface area contributed by atoms with E-state index in [2.05, 4.69) is 42.9 Å². The number of carbonyl (C=O) groups excluding carboxylic acids is 1. The SMILES string of the molecule is Cc1ncc(F)c(Nc2n[nH]c3c2CN(C(=O)N[C@@H]2C[C@H]2c2ccccc2)C3(C)C)n1. The van der Waals surface area contributed by atoms with Gasteiger partial charge in [0, 0.05) is 17.5 Å². The Hall–Kier alpha value is -3.49. The number of H-pyrrole nitrogens is 1. The number of fused-ring (bicyclic) bond motifs is 1. The molecule has 2 aromatic heterocycles. The van der Waals surface area contributed by atoms with Crippen LogP contribution in [0.25, 0.3) is 0 Å². The zero-order valence-corrected chi connectivity index (χ0v) is 17.6. The summed E-state index contributed by atoms with van der Waals surface area (Å²) in [6, 6.07) is 10.2. The second kappa shape index (κ2) is 7.04. The quantitative estimate of drug-likeness (QED) is 0.597. The summed E-state index contributed by atoms with van der Waals surface area (Å²) < 4.78 is 14.1. The maximum Gasteiger partial charge on any atom is 0.318 e. The van der Waals surface area contributed by atoms with E-state index in [-0.39, 0.29) is 17.9 Å². The molecule has 0 bridgehead atoms. The lowest BCUT2D eigenvalue weighted by Crippen LogP contribution is -2.47. The largest absolute Gasteiger partial charge is 0.335 e. The lowest BCUT2D eigenvalue weighted by molar-refractivity contribution is 0.142. The Morgan fingerprint density at radius 1 is 1.26 bits per heavy atom. The Morgan fingerprint density at radius 2 is 2.03 bits per heavy atom. The molecule has 9 heteroatoms. The highest BCUT2D eigenvalue weighted by Gasteiger charge is 2.46. The van der Waals surface area contributed by atoms with Crippen molar-refractivity contribution in [1.29, 1.82) is 0 Å². The second-order valence-corrected chi connectivity index (χ2v) is 8.62. The molecule has 160 valence electrons. The molecule has 1 saturated carbocycles. The van der Waals surface area contributed by atoms with Crippen molar-refractivity contribution < 1.29 is 9.18 Å². The number of aromatic amines is 1. The molecule has 1 aromatic carbocycles. The number of aromatic nitrogens is 4. The van der Waals surface area contributed by atoms with E-state index in [1.807, 2.05) is 32.0 Å². The summed E-state index contributed by atoms with van der Waals surface area (Å²) in [4.78, 5) is 22.8. The molecule has 3 N–H and O–H groups in total. The van der Waals surface area contributed by atoms with Crippen molar-refractivity contribution in [3.8, 4) is 0 Å². The highest BCUT2D eigenvalue weighted by Crippen LogP contribution is 2.43. The van der Waals surface area contributed by atoms with E-state index in [0.29, 0.717) is 24.1 Å². The number of benzene rings is 1. The van der Waals surface area contributed by atoms with Gasteiger partial charge in [0.1, 0.15) is 5.82 Å². The van der Waals surface area contributed by atoms with Gasteiger partial charge in [-0.15, -0.1) is 0 Å². The summed E-state index contributed by atoms with van der Waals surface area (Å²) in [5, 5.41) is 13.4. The Balaban J connectivity index is 1.31. The van der Waals surface area contributed by atoms with E-state index in [9.17, 15) is 9.18 Å². The highest BCUT2D eigenvalue weighted by molar-refractivity contribution is 5.78. The van der Waals surface area contributed by atoms with E-state index in [1.54, 1.807) is 11.8 Å². The number of anilines is 2. The van der Waals surface area contributed by atoms with Crippen LogP contribution in [0.2, 0.25) is 0 Å². The Bertz CT molecular complexity index is 1140. The summed E-state index contributed by atoms with van der Waals surface area (Å²) in [6.45, 7) is 5.99. The first kappa shape index (κ1) is 19.5. The Labute approximate surface area is 179 Å². The third-order valence-electron chi connectivity index (χ3n) is 6.14. The second-order valence-electron chi connectivity index (χ2n) is 8.62. The first-order valence-corrected chi connectivity index (χ1v) is 10.3. The zero-order chi connectivity index (χ0) is 21.8. The van der Waals surface area contributed by atoms with Crippen LogP contribution in [0, 0.1) is 12.7 Å². The number of hydrogen-bond donors (Lipinski definition) is 3. The molecular formula is C22H24FN7O. The molecule has 1 fully saturated rings. The van der Waals surface area contributed by atoms with Gasteiger partial charge in [0.15, 0.2) is 17.5 Å². The topological polar surface area (TPSA) is 98.8 Å². The lowest BCUT2D eigenvalue weighted by atomic mass is 10.0. The molecule has 0 radical (unpaired) electrons. The maximum atomic E-state index is 14.1. The molecule has 2 amide bonds. The van der Waals surface area contributed by atoms with E-state index < -0.39 is 11.4 Å². The standard InChI is InChI=1S/C22H24FN7O/c1-12-24-10-16(23)20(25-12)27-19-15-11-30(22(2,3)18(15)28-29-19)21(31)26-17-9-14(17)13-7-5-4-6-8-13/h4-8,10,14,17H,9,11H2,1-3H3,(H,26,31)(H2,24,25,27,28,29)/t14-,17+/m0/s1. The van der Waals surface area contributed by atoms with Crippen molar-refractivity contribution in [2.75, 3.05) is 5.32 Å². The van der Waals surface area contributed by atoms with Crippen molar-refractivity contribution in [3.05, 3.63) is 65.0 Å². The predicted molar refractivity (Wildman–Crippen MR) is 113 cm³/mol. The molecular weight excluding hydrogens is 397 g/mol. The number of halogens is 1. The van der Waals surface area contributed by atoms with Gasteiger partial charge in [-0.2, -0.15) is 5.10 Å². The fourth-order valence-electron chi connectivity index (χ4n) is 4.26. The van der Waals surface area contributed by atoms with Crippen molar-refractivity contribution >= 4 is 17.7 Å². The van der Waals surface area contributed by atoms with Crippen LogP contribution in [0.1, 0.15) is 48.8 Å². The van der Waals surface area contributed by atoms with Crippen LogP contribution in [0.4, 0.5) is 20.8 Å². The molecule has 1 aliphatic heterocycles. The van der Waals surface area contributed by atoms with Crippen LogP contribution in [0.5, 0.6) is 0 Å². The van der Waals surface area contributed by atoms with E-state index >= 15 is 0 Å². The molecule has 2 aliphatic rings. The molecule has 1 aliphatic carbocycles. The molecule has 3 heterocycles. The van der Waals surface area contributed by atoms with Crippen LogP contribution in [-0.2, 0) is 12.1 Å². The molecule has 5 rings (SSSR count). The van der Waals surface area contributed by atoms with Gasteiger partial charge in [-0.3, -0.25) is 5.10 Å². The molecule has 0 saturated heterocycles. The minimum atomic E-state index is -0.580. The van der Waals surface area contributed by atoms with Crippen LogP contribution in [0.15, 0.2) is 36.5 Å². The van der Waals surface area contributed by atoms with Gasteiger partial charge in [-0.1, -0.05) is 30.3 Å². The van der Waals surface area contributed by atoms with Gasteiger partial charge >= 0.3 is 6.03 Å². The maximum absolute atomic E-state index is 14.1. The Morgan fingerprint density at radius 3 is 2.81 bits per heavy atom. The summed E-state index contributed by atoms with van der Waals surface area (Å²) in [7, 11) is 0. The smallest absolute Gasteiger partial charge is 0.318 e. The van der Waals surface area contributed by atoms with Gasteiger partial charge in [-0.05, 0) is 32.8 Å². The molecule has 8 nitrogen and oxygen atoms in total. The van der Waals surface area contributed by atoms with E-state index in [1.165, 1.54) is 5.56 Å². The lowest BCUT2D eigenvalue weighted by Gasteiger charge is -2.32. The number of hydrogen-bond acceptors (Lipinski definition) is 5. The highest BCUT2D eigenvalue weighted by atomic mass is 19.1. The molecule has 2 atom stereocenters. The average Bonchev–Trinajstić information content (AvgIpc) is 3.30. The number of nitrogens with zero attached hydrogens (tertiary/aromatic N) is 4. The van der Waals surface area contributed by atoms with Gasteiger partial charge in [-0.25, -0.2) is 19.2 Å². The van der Waals surface area contributed by atoms with Gasteiger partial charge < -0.3 is 15.5 Å². The summed E-state index contributed by atoms with van der Waals surface area (Å²) in [5.41, 5.74) is 2.32. The fourth-order valence-corrected chi connectivity index (χ4v) is 4.26. The van der Waals surface area contributed by atoms with Gasteiger partial charge in [0.25, 0.3) is 0 Å². The summed E-state index contributed by atoms with van der Waals surface area (Å²) in [5.74, 6) is 0.774. The zero-order valence-electron chi connectivity index (χ0n) is 17.6. The van der Waals surface area contributed by atoms with Crippen LogP contribution in [0.3, 0.4) is 0 Å². The normalized spacial score (nSPS) is 21.0. The number of carbonyl (C=O) groups is 1. The van der Waals surface area contributed by atoms with E-state index in [0.717, 1.165) is 23.9 Å². The monoisotopic (exact) mass is 421 g/mol. The fraction of sp³-hybridized carbons (Fsp3) is 0.364. The number of rotatable bonds is 4. The average molecular weight is 421 g/mol. The van der Waals surface area contributed by atoms with Gasteiger partial charge in [0.05, 0.1) is 24.0 Å². The number of urea groups is 1. The first-order valence-electron chi connectivity index (χ1n) is 10.3. The van der Waals surface area contributed by atoms with Crippen molar-refractivity contribution in [2.45, 2.75) is 51.2 Å². The predicted octanol–water partition coefficient (Wildman–Crippen LogP) is 3.71.